The summed E-state index contributed by atoms with van der Waals surface area (Å²) < 4.78 is 3.17. The smallest absolute Gasteiger partial charge is 0.263 e. The summed E-state index contributed by atoms with van der Waals surface area (Å²) in [5, 5.41) is 6.97. The molecule has 0 saturated heterocycles. The van der Waals surface area contributed by atoms with Crippen molar-refractivity contribution in [3.63, 3.8) is 0 Å². The van der Waals surface area contributed by atoms with Crippen molar-refractivity contribution in [2.75, 3.05) is 6.54 Å². The second-order valence-electron chi connectivity index (χ2n) is 5.94. The monoisotopic (exact) mass is 336 g/mol. The molecular formula is C19H20N4O2. The molecule has 0 spiro atoms. The number of carbonyl (C=O) groups excluding carboxylic acids is 1. The van der Waals surface area contributed by atoms with Crippen LogP contribution >= 0.6 is 0 Å². The first-order valence-electron chi connectivity index (χ1n) is 8.06. The fourth-order valence-electron chi connectivity index (χ4n) is 2.62. The van der Waals surface area contributed by atoms with E-state index in [0.717, 1.165) is 16.7 Å². The first-order chi connectivity index (χ1) is 12.0. The quantitative estimate of drug-likeness (QED) is 0.772. The molecule has 0 unspecified atom stereocenters. The maximum Gasteiger partial charge on any atom is 0.263 e. The molecule has 6 nitrogen and oxygen atoms in total. The predicted molar refractivity (Wildman–Crippen MR) is 96.4 cm³/mol. The van der Waals surface area contributed by atoms with Crippen molar-refractivity contribution in [1.29, 1.82) is 0 Å². The third-order valence-corrected chi connectivity index (χ3v) is 4.06. The minimum absolute atomic E-state index is 0.164. The first-order valence-corrected chi connectivity index (χ1v) is 8.06. The van der Waals surface area contributed by atoms with Crippen molar-refractivity contribution >= 4 is 5.91 Å². The second kappa shape index (κ2) is 7.17. The number of pyridine rings is 1. The molecule has 0 bridgehead atoms. The predicted octanol–water partition coefficient (Wildman–Crippen LogP) is 1.76. The van der Waals surface area contributed by atoms with Crippen LogP contribution < -0.4 is 10.9 Å². The molecule has 3 aromatic rings. The minimum Gasteiger partial charge on any atom is -0.352 e. The standard InChI is InChI=1S/C19H20N4O2/c1-22-11-3-4-17(19(22)25)18(24)20-10-9-14-5-7-15(8-6-14)16-12-21-23(2)13-16/h3-8,11-13H,9-10H2,1-2H3,(H,20,24). The lowest BCUT2D eigenvalue weighted by Crippen LogP contribution is -2.32. The van der Waals surface area contributed by atoms with Gasteiger partial charge in [-0.2, -0.15) is 5.10 Å². The number of hydrogen-bond acceptors (Lipinski definition) is 3. The molecule has 1 aromatic carbocycles. The van der Waals surface area contributed by atoms with E-state index in [1.165, 1.54) is 4.57 Å². The SMILES string of the molecule is Cn1cc(-c2ccc(CCNC(=O)c3cccn(C)c3=O)cc2)cn1. The van der Waals surface area contributed by atoms with Gasteiger partial charge < -0.3 is 9.88 Å². The minimum atomic E-state index is -0.340. The van der Waals surface area contributed by atoms with Crippen LogP contribution in [0.4, 0.5) is 0 Å². The van der Waals surface area contributed by atoms with Gasteiger partial charge in [0.25, 0.3) is 11.5 Å². The first kappa shape index (κ1) is 16.7. The molecule has 0 fully saturated rings. The lowest BCUT2D eigenvalue weighted by Gasteiger charge is -2.07. The van der Waals surface area contributed by atoms with Gasteiger partial charge in [-0.3, -0.25) is 14.3 Å². The lowest BCUT2D eigenvalue weighted by molar-refractivity contribution is 0.0952. The summed E-state index contributed by atoms with van der Waals surface area (Å²) in [7, 11) is 3.52. The number of benzene rings is 1. The van der Waals surface area contributed by atoms with Gasteiger partial charge in [-0.1, -0.05) is 24.3 Å². The molecule has 0 aliphatic carbocycles. The number of nitrogens with zero attached hydrogens (tertiary/aromatic N) is 3. The van der Waals surface area contributed by atoms with Crippen LogP contribution in [0.1, 0.15) is 15.9 Å². The van der Waals surface area contributed by atoms with E-state index in [-0.39, 0.29) is 17.0 Å². The normalized spacial score (nSPS) is 10.6. The van der Waals surface area contributed by atoms with Gasteiger partial charge >= 0.3 is 0 Å². The van der Waals surface area contributed by atoms with Crippen LogP contribution in [-0.4, -0.2) is 26.8 Å². The summed E-state index contributed by atoms with van der Waals surface area (Å²) in [6, 6.07) is 11.4. The molecule has 0 aliphatic rings. The van der Waals surface area contributed by atoms with Gasteiger partial charge in [0.2, 0.25) is 0 Å². The van der Waals surface area contributed by atoms with Crippen molar-refractivity contribution in [1.82, 2.24) is 19.7 Å². The number of rotatable bonds is 5. The van der Waals surface area contributed by atoms with Crippen LogP contribution in [0.2, 0.25) is 0 Å². The lowest BCUT2D eigenvalue weighted by atomic mass is 10.1. The summed E-state index contributed by atoms with van der Waals surface area (Å²) in [4.78, 5) is 24.0. The fraction of sp³-hybridized carbons (Fsp3) is 0.211. The number of hydrogen-bond donors (Lipinski definition) is 1. The molecule has 1 N–H and O–H groups in total. The van der Waals surface area contributed by atoms with Gasteiger partial charge in [0.15, 0.2) is 0 Å². The van der Waals surface area contributed by atoms with Gasteiger partial charge in [-0.05, 0) is 29.7 Å². The number of carbonyl (C=O) groups is 1. The molecule has 0 aliphatic heterocycles. The average Bonchev–Trinajstić information content (AvgIpc) is 3.04. The second-order valence-corrected chi connectivity index (χ2v) is 5.94. The highest BCUT2D eigenvalue weighted by Crippen LogP contribution is 2.18. The van der Waals surface area contributed by atoms with Crippen LogP contribution in [0.25, 0.3) is 11.1 Å². The molecule has 128 valence electrons. The summed E-state index contributed by atoms with van der Waals surface area (Å²) in [6.07, 6.45) is 6.13. The van der Waals surface area contributed by atoms with E-state index in [4.69, 9.17) is 0 Å². The number of nitrogens with one attached hydrogen (secondary N) is 1. The fourth-order valence-corrected chi connectivity index (χ4v) is 2.62. The van der Waals surface area contributed by atoms with Crippen molar-refractivity contribution < 1.29 is 4.79 Å². The van der Waals surface area contributed by atoms with E-state index in [1.54, 1.807) is 30.1 Å². The Hall–Kier alpha value is -3.15. The summed E-state index contributed by atoms with van der Waals surface area (Å²) in [5.74, 6) is -0.340. The molecule has 0 atom stereocenters. The third-order valence-electron chi connectivity index (χ3n) is 4.06. The van der Waals surface area contributed by atoms with E-state index in [2.05, 4.69) is 10.4 Å². The van der Waals surface area contributed by atoms with Crippen LogP contribution in [-0.2, 0) is 20.5 Å². The molecular weight excluding hydrogens is 316 g/mol. The summed E-state index contributed by atoms with van der Waals surface area (Å²) in [5.41, 5.74) is 3.17. The van der Waals surface area contributed by atoms with Crippen LogP contribution in [0.5, 0.6) is 0 Å². The number of amides is 1. The molecule has 0 radical (unpaired) electrons. The van der Waals surface area contributed by atoms with Gasteiger partial charge in [0.05, 0.1) is 6.20 Å². The molecule has 1 amide bonds. The Balaban J connectivity index is 1.58. The highest BCUT2D eigenvalue weighted by atomic mass is 16.2. The maximum atomic E-state index is 12.1. The average molecular weight is 336 g/mol. The molecule has 2 aromatic heterocycles. The summed E-state index contributed by atoms with van der Waals surface area (Å²) >= 11 is 0. The molecule has 0 saturated carbocycles. The Kier molecular flexibility index (Phi) is 4.79. The van der Waals surface area contributed by atoms with Crippen molar-refractivity contribution in [3.05, 3.63) is 76.5 Å². The van der Waals surface area contributed by atoms with E-state index in [0.29, 0.717) is 13.0 Å². The van der Waals surface area contributed by atoms with Crippen molar-refractivity contribution in [2.45, 2.75) is 6.42 Å². The number of aryl methyl sites for hydroxylation is 2. The Morgan fingerprint density at radius 3 is 2.56 bits per heavy atom. The zero-order valence-electron chi connectivity index (χ0n) is 14.3. The molecule has 2 heterocycles. The largest absolute Gasteiger partial charge is 0.352 e. The van der Waals surface area contributed by atoms with Gasteiger partial charge in [-0.25, -0.2) is 0 Å². The molecule has 6 heteroatoms. The van der Waals surface area contributed by atoms with Crippen molar-refractivity contribution in [3.8, 4) is 11.1 Å². The van der Waals surface area contributed by atoms with Crippen LogP contribution in [0.3, 0.4) is 0 Å². The Labute approximate surface area is 145 Å². The van der Waals surface area contributed by atoms with Crippen molar-refractivity contribution in [2.24, 2.45) is 14.1 Å². The zero-order valence-corrected chi connectivity index (χ0v) is 14.3. The van der Waals surface area contributed by atoms with E-state index < -0.39 is 0 Å². The topological polar surface area (TPSA) is 68.9 Å². The van der Waals surface area contributed by atoms with Crippen LogP contribution in [0.15, 0.2) is 59.8 Å². The highest BCUT2D eigenvalue weighted by molar-refractivity contribution is 5.93. The Morgan fingerprint density at radius 1 is 1.12 bits per heavy atom. The molecule has 25 heavy (non-hydrogen) atoms. The zero-order chi connectivity index (χ0) is 17.8. The highest BCUT2D eigenvalue weighted by Gasteiger charge is 2.10. The maximum absolute atomic E-state index is 12.1. The van der Waals surface area contributed by atoms with Gasteiger partial charge in [0, 0.05) is 38.6 Å². The Morgan fingerprint density at radius 2 is 1.88 bits per heavy atom. The van der Waals surface area contributed by atoms with Crippen LogP contribution in [0, 0.1) is 0 Å². The van der Waals surface area contributed by atoms with E-state index >= 15 is 0 Å². The van der Waals surface area contributed by atoms with E-state index in [1.807, 2.05) is 43.7 Å². The van der Waals surface area contributed by atoms with Gasteiger partial charge in [0.1, 0.15) is 5.56 Å². The summed E-state index contributed by atoms with van der Waals surface area (Å²) in [6.45, 7) is 0.475. The third kappa shape index (κ3) is 3.85. The Bertz CT molecular complexity index is 939. The number of aromatic nitrogens is 3. The van der Waals surface area contributed by atoms with E-state index in [9.17, 15) is 9.59 Å². The van der Waals surface area contributed by atoms with Gasteiger partial charge in [-0.15, -0.1) is 0 Å². The molecule has 3 rings (SSSR count).